The summed E-state index contributed by atoms with van der Waals surface area (Å²) in [6.45, 7) is 8.05. The molecule has 1 aromatic rings. The topological polar surface area (TPSA) is 32.3 Å². The van der Waals surface area contributed by atoms with Crippen molar-refractivity contribution in [3.05, 3.63) is 29.8 Å². The number of anilines is 1. The highest BCUT2D eigenvalue weighted by Gasteiger charge is 2.32. The average Bonchev–Trinajstić information content (AvgIpc) is 2.46. The predicted molar refractivity (Wildman–Crippen MR) is 84.1 cm³/mol. The first-order valence-corrected chi connectivity index (χ1v) is 7.80. The molecule has 6 heteroatoms. The molecule has 1 N–H and O–H groups in total. The minimum Gasteiger partial charge on any atom is -0.326 e. The molecule has 1 aliphatic heterocycles. The molecule has 0 aliphatic carbocycles. The van der Waals surface area contributed by atoms with Crippen molar-refractivity contribution in [3.63, 3.8) is 0 Å². The lowest BCUT2D eigenvalue weighted by Gasteiger charge is -2.40. The maximum atomic E-state index is 12.7. The molecule has 1 aliphatic rings. The Bertz CT molecular complexity index is 556. The lowest BCUT2D eigenvalue weighted by atomic mass is 9.92. The molecule has 3 nitrogen and oxygen atoms in total. The van der Waals surface area contributed by atoms with Gasteiger partial charge >= 0.3 is 6.18 Å². The monoisotopic (exact) mass is 328 g/mol. The molecule has 0 aromatic heterocycles. The summed E-state index contributed by atoms with van der Waals surface area (Å²) in [6.07, 6.45) is -2.96. The van der Waals surface area contributed by atoms with Crippen molar-refractivity contribution in [2.75, 3.05) is 18.4 Å². The van der Waals surface area contributed by atoms with Gasteiger partial charge in [0.05, 0.1) is 5.56 Å². The van der Waals surface area contributed by atoms with Gasteiger partial charge in [0.25, 0.3) is 0 Å². The fraction of sp³-hybridized carbons (Fsp3) is 0.588. The summed E-state index contributed by atoms with van der Waals surface area (Å²) in [5.41, 5.74) is -0.483. The Morgan fingerprint density at radius 1 is 1.17 bits per heavy atom. The van der Waals surface area contributed by atoms with Crippen LogP contribution < -0.4 is 5.32 Å². The molecule has 23 heavy (non-hydrogen) atoms. The van der Waals surface area contributed by atoms with Gasteiger partial charge in [-0.2, -0.15) is 13.2 Å². The van der Waals surface area contributed by atoms with E-state index in [0.717, 1.165) is 38.1 Å². The Labute approximate surface area is 134 Å². The second-order valence-electron chi connectivity index (χ2n) is 7.00. The molecule has 0 unspecified atom stereocenters. The number of rotatable bonds is 2. The molecule has 1 fully saturated rings. The number of carbonyl (C=O) groups is 1. The Kier molecular flexibility index (Phi) is 5.04. The highest BCUT2D eigenvalue weighted by Crippen LogP contribution is 2.31. The van der Waals surface area contributed by atoms with Crippen LogP contribution in [0.2, 0.25) is 0 Å². The van der Waals surface area contributed by atoms with Crippen LogP contribution in [0.1, 0.15) is 39.2 Å². The summed E-state index contributed by atoms with van der Waals surface area (Å²) >= 11 is 0. The third-order valence-electron chi connectivity index (χ3n) is 4.27. The van der Waals surface area contributed by atoms with Crippen molar-refractivity contribution in [3.8, 4) is 0 Å². The molecule has 0 atom stereocenters. The average molecular weight is 328 g/mol. The predicted octanol–water partition coefficient (Wildman–Crippen LogP) is 4.15. The molecular formula is C17H23F3N2O. The molecule has 1 heterocycles. The third kappa shape index (κ3) is 4.70. The number of hydrogen-bond acceptors (Lipinski definition) is 2. The van der Waals surface area contributed by atoms with E-state index >= 15 is 0 Å². The van der Waals surface area contributed by atoms with Crippen LogP contribution in [0.3, 0.4) is 0 Å². The maximum Gasteiger partial charge on any atom is 0.416 e. The van der Waals surface area contributed by atoms with Crippen molar-refractivity contribution in [2.24, 2.45) is 5.92 Å². The molecule has 1 saturated heterocycles. The van der Waals surface area contributed by atoms with Crippen LogP contribution in [-0.4, -0.2) is 29.4 Å². The lowest BCUT2D eigenvalue weighted by molar-refractivity contribution is -0.137. The second kappa shape index (κ2) is 6.51. The van der Waals surface area contributed by atoms with Gasteiger partial charge < -0.3 is 5.32 Å². The Morgan fingerprint density at radius 2 is 1.78 bits per heavy atom. The van der Waals surface area contributed by atoms with Gasteiger partial charge in [0.1, 0.15) is 0 Å². The standard InChI is InChI=1S/C17H23F3N2O/c1-16(2,3)22-9-7-12(8-10-22)15(23)21-14-6-4-5-13(11-14)17(18,19)20/h4-6,11-12H,7-10H2,1-3H3,(H,21,23). The van der Waals surface area contributed by atoms with Crippen molar-refractivity contribution < 1.29 is 18.0 Å². The number of benzene rings is 1. The number of nitrogens with zero attached hydrogens (tertiary/aromatic N) is 1. The summed E-state index contributed by atoms with van der Waals surface area (Å²) in [6, 6.07) is 4.76. The Balaban J connectivity index is 1.96. The van der Waals surface area contributed by atoms with Crippen LogP contribution >= 0.6 is 0 Å². The first-order chi connectivity index (χ1) is 10.6. The van der Waals surface area contributed by atoms with Crippen molar-refractivity contribution in [2.45, 2.75) is 45.3 Å². The number of alkyl halides is 3. The van der Waals surface area contributed by atoms with E-state index in [1.54, 1.807) is 0 Å². The number of piperidine rings is 1. The summed E-state index contributed by atoms with van der Waals surface area (Å²) in [5.74, 6) is -0.346. The van der Waals surface area contributed by atoms with E-state index in [9.17, 15) is 18.0 Å². The molecular weight excluding hydrogens is 305 g/mol. The molecule has 0 radical (unpaired) electrons. The molecule has 1 aromatic carbocycles. The Hall–Kier alpha value is -1.56. The van der Waals surface area contributed by atoms with E-state index in [2.05, 4.69) is 31.0 Å². The van der Waals surface area contributed by atoms with Crippen molar-refractivity contribution in [1.82, 2.24) is 4.90 Å². The SMILES string of the molecule is CC(C)(C)N1CCC(C(=O)Nc2cccc(C(F)(F)F)c2)CC1. The molecule has 0 spiro atoms. The number of halogens is 3. The van der Waals surface area contributed by atoms with Crippen LogP contribution in [-0.2, 0) is 11.0 Å². The van der Waals surface area contributed by atoms with Gasteiger partial charge in [-0.1, -0.05) is 6.07 Å². The fourth-order valence-electron chi connectivity index (χ4n) is 2.83. The largest absolute Gasteiger partial charge is 0.416 e. The van der Waals surface area contributed by atoms with Gasteiger partial charge in [-0.3, -0.25) is 9.69 Å². The van der Waals surface area contributed by atoms with Crippen LogP contribution in [0.5, 0.6) is 0 Å². The van der Waals surface area contributed by atoms with Gasteiger partial charge in [-0.05, 0) is 64.9 Å². The minimum atomic E-state index is -4.40. The van der Waals surface area contributed by atoms with Crippen molar-refractivity contribution in [1.29, 1.82) is 0 Å². The lowest BCUT2D eigenvalue weighted by Crippen LogP contribution is -2.47. The summed E-state index contributed by atoms with van der Waals surface area (Å²) in [4.78, 5) is 14.6. The van der Waals surface area contributed by atoms with Crippen LogP contribution in [0.15, 0.2) is 24.3 Å². The number of nitrogens with one attached hydrogen (secondary N) is 1. The van der Waals surface area contributed by atoms with E-state index in [1.165, 1.54) is 12.1 Å². The van der Waals surface area contributed by atoms with Gasteiger partial charge in [-0.15, -0.1) is 0 Å². The summed E-state index contributed by atoms with van der Waals surface area (Å²) in [7, 11) is 0. The number of hydrogen-bond donors (Lipinski definition) is 1. The molecule has 2 rings (SSSR count). The Morgan fingerprint density at radius 3 is 2.30 bits per heavy atom. The van der Waals surface area contributed by atoms with E-state index < -0.39 is 11.7 Å². The first kappa shape index (κ1) is 17.8. The highest BCUT2D eigenvalue weighted by atomic mass is 19.4. The number of likely N-dealkylation sites (tertiary alicyclic amines) is 1. The maximum absolute atomic E-state index is 12.7. The van der Waals surface area contributed by atoms with Crippen LogP contribution in [0.4, 0.5) is 18.9 Å². The van der Waals surface area contributed by atoms with Gasteiger partial charge in [-0.25, -0.2) is 0 Å². The number of carbonyl (C=O) groups excluding carboxylic acids is 1. The minimum absolute atomic E-state index is 0.0719. The molecule has 0 bridgehead atoms. The third-order valence-corrected chi connectivity index (χ3v) is 4.27. The quantitative estimate of drug-likeness (QED) is 0.884. The second-order valence-corrected chi connectivity index (χ2v) is 7.00. The number of amides is 1. The van der Waals surface area contributed by atoms with E-state index in [-0.39, 0.29) is 23.1 Å². The van der Waals surface area contributed by atoms with Crippen LogP contribution in [0.25, 0.3) is 0 Å². The normalized spacial score (nSPS) is 18.0. The van der Waals surface area contributed by atoms with Crippen LogP contribution in [0, 0.1) is 5.92 Å². The zero-order valence-corrected chi connectivity index (χ0v) is 13.7. The molecule has 1 amide bonds. The smallest absolute Gasteiger partial charge is 0.326 e. The first-order valence-electron chi connectivity index (χ1n) is 7.80. The molecule has 0 saturated carbocycles. The highest BCUT2D eigenvalue weighted by molar-refractivity contribution is 5.92. The zero-order chi connectivity index (χ0) is 17.3. The summed E-state index contributed by atoms with van der Waals surface area (Å²) in [5, 5.41) is 2.62. The van der Waals surface area contributed by atoms with E-state index in [0.29, 0.717) is 0 Å². The van der Waals surface area contributed by atoms with E-state index in [1.807, 2.05) is 0 Å². The van der Waals surface area contributed by atoms with Gasteiger partial charge in [0.15, 0.2) is 0 Å². The van der Waals surface area contributed by atoms with Gasteiger partial charge in [0.2, 0.25) is 5.91 Å². The fourth-order valence-corrected chi connectivity index (χ4v) is 2.83. The van der Waals surface area contributed by atoms with Crippen molar-refractivity contribution >= 4 is 11.6 Å². The zero-order valence-electron chi connectivity index (χ0n) is 13.7. The molecule has 128 valence electrons. The van der Waals surface area contributed by atoms with Gasteiger partial charge in [0, 0.05) is 17.1 Å². The summed E-state index contributed by atoms with van der Waals surface area (Å²) < 4.78 is 38.1. The van der Waals surface area contributed by atoms with E-state index in [4.69, 9.17) is 0 Å².